The van der Waals surface area contributed by atoms with Crippen LogP contribution in [-0.2, 0) is 5.60 Å². The van der Waals surface area contributed by atoms with Crippen LogP contribution in [0.3, 0.4) is 0 Å². The number of aliphatic hydroxyl groups is 1. The van der Waals surface area contributed by atoms with Gasteiger partial charge in [0.2, 0.25) is 0 Å². The van der Waals surface area contributed by atoms with Crippen LogP contribution in [0, 0.1) is 5.92 Å². The van der Waals surface area contributed by atoms with Gasteiger partial charge in [-0.3, -0.25) is 0 Å². The number of ether oxygens (including phenoxy) is 3. The smallest absolute Gasteiger partial charge is 0.165 e. The lowest BCUT2D eigenvalue weighted by Crippen LogP contribution is -2.44. The molecule has 34 heavy (non-hydrogen) atoms. The van der Waals surface area contributed by atoms with Crippen molar-refractivity contribution >= 4 is 0 Å². The van der Waals surface area contributed by atoms with E-state index in [1.165, 1.54) is 0 Å². The van der Waals surface area contributed by atoms with E-state index in [1.54, 1.807) is 0 Å². The highest BCUT2D eigenvalue weighted by atomic mass is 16.6. The Kier molecular flexibility index (Phi) is 7.02. The molecule has 5 heteroatoms. The second-order valence-electron chi connectivity index (χ2n) is 9.12. The fourth-order valence-corrected chi connectivity index (χ4v) is 5.19. The lowest BCUT2D eigenvalue weighted by atomic mass is 9.72. The van der Waals surface area contributed by atoms with Gasteiger partial charge in [-0.2, -0.15) is 0 Å². The SMILES string of the molecule is OC(c1ccccc1)(c1ccccc1)C1CCN(CCCOc2ccc3c(c2)OCCO3)CC1. The van der Waals surface area contributed by atoms with Crippen molar-refractivity contribution in [3.63, 3.8) is 0 Å². The molecule has 0 unspecified atom stereocenters. The summed E-state index contributed by atoms with van der Waals surface area (Å²) in [6.07, 6.45) is 2.88. The maximum absolute atomic E-state index is 12.0. The van der Waals surface area contributed by atoms with E-state index in [9.17, 15) is 5.11 Å². The highest BCUT2D eigenvalue weighted by Gasteiger charge is 2.41. The fourth-order valence-electron chi connectivity index (χ4n) is 5.19. The first-order valence-electron chi connectivity index (χ1n) is 12.3. The van der Waals surface area contributed by atoms with E-state index in [4.69, 9.17) is 14.2 Å². The van der Waals surface area contributed by atoms with Gasteiger partial charge in [-0.15, -0.1) is 0 Å². The molecule has 0 bridgehead atoms. The minimum absolute atomic E-state index is 0.183. The van der Waals surface area contributed by atoms with Crippen LogP contribution in [0.15, 0.2) is 78.9 Å². The largest absolute Gasteiger partial charge is 0.493 e. The number of piperidine rings is 1. The minimum atomic E-state index is -0.962. The number of hydrogen-bond acceptors (Lipinski definition) is 5. The monoisotopic (exact) mass is 459 g/mol. The molecule has 3 aromatic carbocycles. The fraction of sp³-hybridized carbons (Fsp3) is 0.379. The van der Waals surface area contributed by atoms with Gasteiger partial charge in [0.05, 0.1) is 6.61 Å². The van der Waals surface area contributed by atoms with E-state index in [0.29, 0.717) is 19.8 Å². The molecule has 0 atom stereocenters. The molecule has 0 aliphatic carbocycles. The zero-order valence-corrected chi connectivity index (χ0v) is 19.6. The van der Waals surface area contributed by atoms with Gasteiger partial charge in [-0.25, -0.2) is 0 Å². The summed E-state index contributed by atoms with van der Waals surface area (Å²) in [5, 5.41) is 12.0. The molecule has 0 aromatic heterocycles. The van der Waals surface area contributed by atoms with Crippen LogP contribution < -0.4 is 14.2 Å². The van der Waals surface area contributed by atoms with E-state index in [2.05, 4.69) is 29.2 Å². The molecule has 1 saturated heterocycles. The van der Waals surface area contributed by atoms with E-state index < -0.39 is 5.60 Å². The maximum Gasteiger partial charge on any atom is 0.165 e. The Balaban J connectivity index is 1.14. The molecule has 0 saturated carbocycles. The van der Waals surface area contributed by atoms with Crippen molar-refractivity contribution < 1.29 is 19.3 Å². The van der Waals surface area contributed by atoms with E-state index >= 15 is 0 Å². The molecule has 2 aliphatic heterocycles. The van der Waals surface area contributed by atoms with Gasteiger partial charge in [0.1, 0.15) is 24.6 Å². The average molecular weight is 460 g/mol. The number of fused-ring (bicyclic) bond motifs is 1. The second-order valence-corrected chi connectivity index (χ2v) is 9.12. The van der Waals surface area contributed by atoms with Gasteiger partial charge in [0, 0.05) is 12.6 Å². The van der Waals surface area contributed by atoms with Crippen molar-refractivity contribution in [2.45, 2.75) is 24.9 Å². The first kappa shape index (κ1) is 22.8. The normalized spacial score (nSPS) is 16.9. The van der Waals surface area contributed by atoms with Crippen molar-refractivity contribution in [2.24, 2.45) is 5.92 Å². The summed E-state index contributed by atoms with van der Waals surface area (Å²) >= 11 is 0. The van der Waals surface area contributed by atoms with Gasteiger partial charge in [-0.1, -0.05) is 60.7 Å². The highest BCUT2D eigenvalue weighted by Crippen LogP contribution is 2.42. The second kappa shape index (κ2) is 10.5. The molecule has 3 aromatic rings. The predicted molar refractivity (Wildman–Crippen MR) is 133 cm³/mol. The van der Waals surface area contributed by atoms with Crippen molar-refractivity contribution in [1.82, 2.24) is 4.90 Å². The van der Waals surface area contributed by atoms with Crippen LogP contribution in [0.1, 0.15) is 30.4 Å². The molecule has 5 rings (SSSR count). The van der Waals surface area contributed by atoms with Crippen LogP contribution in [-0.4, -0.2) is 49.5 Å². The zero-order valence-electron chi connectivity index (χ0n) is 19.6. The molecule has 0 spiro atoms. The Morgan fingerprint density at radius 1 is 0.824 bits per heavy atom. The summed E-state index contributed by atoms with van der Waals surface area (Å²) < 4.78 is 17.2. The number of benzene rings is 3. The summed E-state index contributed by atoms with van der Waals surface area (Å²) in [4.78, 5) is 2.49. The van der Waals surface area contributed by atoms with Crippen LogP contribution in [0.5, 0.6) is 17.2 Å². The van der Waals surface area contributed by atoms with Crippen LogP contribution in [0.4, 0.5) is 0 Å². The van der Waals surface area contributed by atoms with Gasteiger partial charge in [-0.05, 0) is 61.5 Å². The van der Waals surface area contributed by atoms with Crippen LogP contribution in [0.2, 0.25) is 0 Å². The molecule has 5 nitrogen and oxygen atoms in total. The first-order chi connectivity index (χ1) is 16.7. The summed E-state index contributed by atoms with van der Waals surface area (Å²) in [6.45, 7) is 4.80. The first-order valence-corrected chi connectivity index (χ1v) is 12.3. The summed E-state index contributed by atoms with van der Waals surface area (Å²) in [7, 11) is 0. The Bertz CT molecular complexity index is 1010. The lowest BCUT2D eigenvalue weighted by Gasteiger charge is -2.42. The van der Waals surface area contributed by atoms with E-state index in [-0.39, 0.29) is 5.92 Å². The van der Waals surface area contributed by atoms with E-state index in [1.807, 2.05) is 54.6 Å². The average Bonchev–Trinajstić information content (AvgIpc) is 2.92. The number of likely N-dealkylation sites (tertiary alicyclic amines) is 1. The molecule has 0 radical (unpaired) electrons. The third kappa shape index (κ3) is 4.91. The van der Waals surface area contributed by atoms with Gasteiger partial charge in [0.25, 0.3) is 0 Å². The molecular formula is C29H33NO4. The molecule has 2 aliphatic rings. The summed E-state index contributed by atoms with van der Waals surface area (Å²) in [5.74, 6) is 2.55. The van der Waals surface area contributed by atoms with Gasteiger partial charge >= 0.3 is 0 Å². The summed E-state index contributed by atoms with van der Waals surface area (Å²) in [5.41, 5.74) is 0.996. The Labute approximate surface area is 201 Å². The Morgan fingerprint density at radius 3 is 2.09 bits per heavy atom. The van der Waals surface area contributed by atoms with Crippen molar-refractivity contribution in [1.29, 1.82) is 0 Å². The quantitative estimate of drug-likeness (QED) is 0.487. The summed E-state index contributed by atoms with van der Waals surface area (Å²) in [6, 6.07) is 26.0. The Morgan fingerprint density at radius 2 is 1.44 bits per heavy atom. The maximum atomic E-state index is 12.0. The number of rotatable bonds is 8. The number of hydrogen-bond donors (Lipinski definition) is 1. The molecular weight excluding hydrogens is 426 g/mol. The standard InChI is InChI=1S/C29H33NO4/c31-29(23-8-3-1-4-9-23,24-10-5-2-6-11-24)25-14-17-30(18-15-25)16-7-19-32-26-12-13-27-28(22-26)34-21-20-33-27/h1-6,8-13,22,25,31H,7,14-21H2. The minimum Gasteiger partial charge on any atom is -0.493 e. The zero-order chi connectivity index (χ0) is 23.2. The molecule has 1 N–H and O–H groups in total. The van der Waals surface area contributed by atoms with Gasteiger partial charge < -0.3 is 24.2 Å². The molecule has 178 valence electrons. The van der Waals surface area contributed by atoms with Crippen molar-refractivity contribution in [3.8, 4) is 17.2 Å². The van der Waals surface area contributed by atoms with E-state index in [0.717, 1.165) is 67.3 Å². The molecule has 2 heterocycles. The third-order valence-corrected chi connectivity index (χ3v) is 7.01. The predicted octanol–water partition coefficient (Wildman–Crippen LogP) is 4.87. The van der Waals surface area contributed by atoms with Crippen molar-refractivity contribution in [3.05, 3.63) is 90.0 Å². The Hall–Kier alpha value is -3.02. The van der Waals surface area contributed by atoms with Crippen LogP contribution in [0.25, 0.3) is 0 Å². The molecule has 1 fully saturated rings. The molecule has 0 amide bonds. The lowest BCUT2D eigenvalue weighted by molar-refractivity contribution is -0.0146. The van der Waals surface area contributed by atoms with Gasteiger partial charge in [0.15, 0.2) is 11.5 Å². The third-order valence-electron chi connectivity index (χ3n) is 7.01. The van der Waals surface area contributed by atoms with Crippen LogP contribution >= 0.6 is 0 Å². The van der Waals surface area contributed by atoms with Crippen molar-refractivity contribution in [2.75, 3.05) is 39.5 Å². The topological polar surface area (TPSA) is 51.2 Å². The number of nitrogens with zero attached hydrogens (tertiary/aromatic N) is 1. The highest BCUT2D eigenvalue weighted by molar-refractivity contribution is 5.46.